The molecule has 0 aliphatic heterocycles. The number of amides is 4. The Labute approximate surface area is 278 Å². The molecule has 15 nitrogen and oxygen atoms in total. The van der Waals surface area contributed by atoms with E-state index in [0.717, 1.165) is 51.3 Å². The number of aliphatic hydroxyl groups excluding tert-OH is 4. The highest BCUT2D eigenvalue weighted by atomic mass is 16.4. The molecule has 0 saturated heterocycles. The number of allylic oxidation sites excluding steroid dienone is 1. The predicted octanol–water partition coefficient (Wildman–Crippen LogP) is -0.489. The second-order valence-electron chi connectivity index (χ2n) is 11.7. The van der Waals surface area contributed by atoms with E-state index < -0.39 is 54.5 Å². The molecule has 272 valence electrons. The summed E-state index contributed by atoms with van der Waals surface area (Å²) in [5, 5.41) is 55.1. The molecular weight excluding hydrogens is 614 g/mol. The third-order valence-corrected chi connectivity index (χ3v) is 7.63. The Morgan fingerprint density at radius 2 is 1.26 bits per heavy atom. The highest BCUT2D eigenvalue weighted by molar-refractivity contribution is 5.98. The minimum Gasteiger partial charge on any atom is -0.480 e. The minimum absolute atomic E-state index is 0.187. The van der Waals surface area contributed by atoms with E-state index in [1.807, 2.05) is 0 Å². The molecule has 47 heavy (non-hydrogen) atoms. The Hall–Kier alpha value is -2.95. The molecular formula is C32H59N5O10. The van der Waals surface area contributed by atoms with Crippen molar-refractivity contribution in [2.75, 3.05) is 53.0 Å². The first-order chi connectivity index (χ1) is 22.5. The van der Waals surface area contributed by atoms with E-state index in [1.54, 1.807) is 14.0 Å². The summed E-state index contributed by atoms with van der Waals surface area (Å²) < 4.78 is 0. The first-order valence-corrected chi connectivity index (χ1v) is 16.7. The van der Waals surface area contributed by atoms with Gasteiger partial charge in [0.05, 0.1) is 25.4 Å². The number of hydrogen-bond donors (Lipinski definition) is 8. The lowest BCUT2D eigenvalue weighted by Crippen LogP contribution is -2.53. The average molecular weight is 674 g/mol. The van der Waals surface area contributed by atoms with Gasteiger partial charge in [0.1, 0.15) is 18.6 Å². The topological polar surface area (TPSA) is 229 Å². The molecule has 0 fully saturated rings. The van der Waals surface area contributed by atoms with E-state index in [2.05, 4.69) is 20.9 Å². The maximum absolute atomic E-state index is 13.3. The first-order valence-electron chi connectivity index (χ1n) is 16.7. The van der Waals surface area contributed by atoms with Crippen LogP contribution in [-0.2, 0) is 24.0 Å². The highest BCUT2D eigenvalue weighted by Crippen LogP contribution is 2.10. The van der Waals surface area contributed by atoms with Gasteiger partial charge in [-0.2, -0.15) is 0 Å². The molecule has 0 rings (SSSR count). The number of nitrogens with one attached hydrogen (secondary N) is 3. The van der Waals surface area contributed by atoms with Crippen LogP contribution in [0, 0.1) is 0 Å². The number of hydrogen-bond acceptors (Lipinski definition) is 11. The van der Waals surface area contributed by atoms with Crippen molar-refractivity contribution in [1.82, 2.24) is 25.8 Å². The van der Waals surface area contributed by atoms with Gasteiger partial charge in [-0.25, -0.2) is 4.79 Å². The molecule has 4 amide bonds. The number of aliphatic hydroxyl groups is 4. The zero-order valence-corrected chi connectivity index (χ0v) is 28.1. The van der Waals surface area contributed by atoms with Crippen LogP contribution in [0.5, 0.6) is 0 Å². The van der Waals surface area contributed by atoms with Crippen LogP contribution in [-0.4, -0.2) is 143 Å². The standard InChI is InChI=1S/C32H59N5O10/c1-3-12-30(44)37(24-40)21-29(43)34-27(31(45)35-28(32(46)47)16-4-8-17-33-2)15-7-11-20-36(18-9-5-13-25(41)22-38)19-10-6-14-26(42)23-39/h3,12,24-28,33,38-39,41-42H,4-11,13-23H2,1-2H3,(H,34,43)(H,35,45)(H,46,47)/b12-3-/t25?,26?,27?,28-/m0/s1. The number of aliphatic carboxylic acids is 1. The number of imide groups is 1. The fourth-order valence-electron chi connectivity index (χ4n) is 4.88. The van der Waals surface area contributed by atoms with Crippen molar-refractivity contribution in [3.63, 3.8) is 0 Å². The van der Waals surface area contributed by atoms with Gasteiger partial charge in [0.25, 0.3) is 5.91 Å². The number of carbonyl (C=O) groups excluding carboxylic acids is 4. The molecule has 3 unspecified atom stereocenters. The van der Waals surface area contributed by atoms with Gasteiger partial charge in [-0.1, -0.05) is 6.08 Å². The minimum atomic E-state index is -1.19. The predicted molar refractivity (Wildman–Crippen MR) is 176 cm³/mol. The van der Waals surface area contributed by atoms with Crippen LogP contribution in [0.3, 0.4) is 0 Å². The lowest BCUT2D eigenvalue weighted by molar-refractivity contribution is -0.143. The van der Waals surface area contributed by atoms with Crippen LogP contribution in [0.1, 0.15) is 84.0 Å². The zero-order valence-electron chi connectivity index (χ0n) is 28.1. The van der Waals surface area contributed by atoms with Crippen molar-refractivity contribution in [3.05, 3.63) is 12.2 Å². The quantitative estimate of drug-likeness (QED) is 0.0275. The third kappa shape index (κ3) is 22.3. The second kappa shape index (κ2) is 28.1. The van der Waals surface area contributed by atoms with Gasteiger partial charge in [-0.15, -0.1) is 0 Å². The smallest absolute Gasteiger partial charge is 0.326 e. The van der Waals surface area contributed by atoms with Gasteiger partial charge >= 0.3 is 5.97 Å². The second-order valence-corrected chi connectivity index (χ2v) is 11.7. The summed E-state index contributed by atoms with van der Waals surface area (Å²) in [6, 6.07) is -2.24. The summed E-state index contributed by atoms with van der Waals surface area (Å²) in [7, 11) is 1.79. The van der Waals surface area contributed by atoms with E-state index in [-0.39, 0.29) is 32.5 Å². The maximum Gasteiger partial charge on any atom is 0.326 e. The number of carboxylic acid groups (broad SMARTS) is 1. The van der Waals surface area contributed by atoms with Crippen molar-refractivity contribution >= 4 is 30.1 Å². The van der Waals surface area contributed by atoms with Crippen molar-refractivity contribution in [1.29, 1.82) is 0 Å². The third-order valence-electron chi connectivity index (χ3n) is 7.63. The van der Waals surface area contributed by atoms with Gasteiger partial charge in [-0.05, 0) is 123 Å². The summed E-state index contributed by atoms with van der Waals surface area (Å²) in [6.07, 6.45) is 8.10. The molecule has 8 N–H and O–H groups in total. The van der Waals surface area contributed by atoms with Crippen molar-refractivity contribution in [2.24, 2.45) is 0 Å². The summed E-state index contributed by atoms with van der Waals surface area (Å²) in [5.41, 5.74) is 0. The van der Waals surface area contributed by atoms with Crippen LogP contribution < -0.4 is 16.0 Å². The molecule has 0 heterocycles. The largest absolute Gasteiger partial charge is 0.480 e. The van der Waals surface area contributed by atoms with Crippen molar-refractivity contribution in [2.45, 2.75) is 108 Å². The molecule has 4 atom stereocenters. The molecule has 0 aliphatic rings. The number of rotatable bonds is 30. The molecule has 0 aromatic rings. The van der Waals surface area contributed by atoms with Crippen LogP contribution in [0.2, 0.25) is 0 Å². The number of carbonyl (C=O) groups is 5. The van der Waals surface area contributed by atoms with E-state index in [0.29, 0.717) is 50.1 Å². The highest BCUT2D eigenvalue weighted by Gasteiger charge is 2.27. The lowest BCUT2D eigenvalue weighted by Gasteiger charge is -2.24. The van der Waals surface area contributed by atoms with Crippen LogP contribution in [0.4, 0.5) is 0 Å². The summed E-state index contributed by atoms with van der Waals surface area (Å²) in [4.78, 5) is 64.3. The fourth-order valence-corrected chi connectivity index (χ4v) is 4.88. The Balaban J connectivity index is 5.45. The molecule has 0 aromatic carbocycles. The van der Waals surface area contributed by atoms with Crippen molar-refractivity contribution < 1.29 is 49.5 Å². The van der Waals surface area contributed by atoms with E-state index in [4.69, 9.17) is 10.2 Å². The fraction of sp³-hybridized carbons (Fsp3) is 0.781. The van der Waals surface area contributed by atoms with Gasteiger partial charge < -0.3 is 46.4 Å². The van der Waals surface area contributed by atoms with Crippen LogP contribution in [0.15, 0.2) is 12.2 Å². The van der Waals surface area contributed by atoms with Crippen LogP contribution >= 0.6 is 0 Å². The molecule has 0 bridgehead atoms. The maximum atomic E-state index is 13.3. The Morgan fingerprint density at radius 3 is 1.72 bits per heavy atom. The van der Waals surface area contributed by atoms with Gasteiger partial charge in [0.15, 0.2) is 0 Å². The number of unbranched alkanes of at least 4 members (excludes halogenated alkanes) is 4. The summed E-state index contributed by atoms with van der Waals surface area (Å²) in [5.74, 6) is -3.29. The molecule has 0 aliphatic carbocycles. The van der Waals surface area contributed by atoms with Gasteiger partial charge in [0, 0.05) is 0 Å². The molecule has 15 heteroatoms. The van der Waals surface area contributed by atoms with E-state index >= 15 is 0 Å². The Kier molecular flexibility index (Phi) is 26.3. The average Bonchev–Trinajstić information content (AvgIpc) is 3.05. The molecule has 0 saturated carbocycles. The Bertz CT molecular complexity index is 905. The summed E-state index contributed by atoms with van der Waals surface area (Å²) in [6.45, 7) is 3.23. The van der Waals surface area contributed by atoms with E-state index in [9.17, 15) is 39.3 Å². The van der Waals surface area contributed by atoms with Gasteiger partial charge in [-0.3, -0.25) is 24.1 Å². The number of nitrogens with zero attached hydrogens (tertiary/aromatic N) is 2. The van der Waals surface area contributed by atoms with E-state index in [1.165, 1.54) is 6.08 Å². The van der Waals surface area contributed by atoms with Crippen LogP contribution in [0.25, 0.3) is 0 Å². The molecule has 0 spiro atoms. The first kappa shape index (κ1) is 44.0. The van der Waals surface area contributed by atoms with Gasteiger partial charge in [0.2, 0.25) is 18.2 Å². The summed E-state index contributed by atoms with van der Waals surface area (Å²) >= 11 is 0. The molecule has 0 radical (unpaired) electrons. The monoisotopic (exact) mass is 673 g/mol. The lowest BCUT2D eigenvalue weighted by atomic mass is 10.1. The Morgan fingerprint density at radius 1 is 0.745 bits per heavy atom. The van der Waals surface area contributed by atoms with Crippen molar-refractivity contribution in [3.8, 4) is 0 Å². The number of carboxylic acids is 1. The molecule has 0 aromatic heterocycles. The normalized spacial score (nSPS) is 14.0. The zero-order chi connectivity index (χ0) is 35.5. The SMILES string of the molecule is C/C=C\C(=O)N(C=O)CC(=O)NC(CCCCN(CCCCC(O)CO)CCCCC(O)CO)C(=O)N[C@@H](CCCCNC)C(=O)O.